The van der Waals surface area contributed by atoms with Gasteiger partial charge in [-0.25, -0.2) is 9.78 Å². The second kappa shape index (κ2) is 13.2. The first-order chi connectivity index (χ1) is 17.8. The summed E-state index contributed by atoms with van der Waals surface area (Å²) in [6.45, 7) is 6.02. The molecule has 3 heterocycles. The molecule has 214 valence electrons. The lowest BCUT2D eigenvalue weighted by Gasteiger charge is -2.48. The van der Waals surface area contributed by atoms with Gasteiger partial charge >= 0.3 is 11.9 Å². The zero-order chi connectivity index (χ0) is 28.2. The normalized spacial score (nSPS) is 19.3. The molecule has 2 aliphatic rings. The number of hydrogen-bond donors (Lipinski definition) is 3. The van der Waals surface area contributed by atoms with E-state index in [1.807, 2.05) is 0 Å². The molecular formula is C22H29ClN6O8S2. The number of thiazole rings is 1. The number of hydrogen-bond acceptors (Lipinski definition) is 12. The quantitative estimate of drug-likeness (QED) is 0.0835. The summed E-state index contributed by atoms with van der Waals surface area (Å²) < 4.78 is 9.96. The number of nitrogens with zero attached hydrogens (tertiary/aromatic N) is 3. The van der Waals surface area contributed by atoms with Gasteiger partial charge in [-0.2, -0.15) is 0 Å². The maximum atomic E-state index is 13.0. The van der Waals surface area contributed by atoms with Crippen molar-refractivity contribution in [2.24, 2.45) is 10.6 Å². The molecule has 0 aliphatic carbocycles. The van der Waals surface area contributed by atoms with Crippen LogP contribution in [0.25, 0.3) is 0 Å². The molecule has 1 aromatic rings. The van der Waals surface area contributed by atoms with Crippen LogP contribution in [0.1, 0.15) is 33.4 Å². The van der Waals surface area contributed by atoms with Gasteiger partial charge in [0.1, 0.15) is 29.9 Å². The summed E-state index contributed by atoms with van der Waals surface area (Å²) in [6, 6.07) is -1.46. The third-order valence-electron chi connectivity index (χ3n) is 5.16. The number of quaternary nitrogens is 1. The minimum atomic E-state index is -0.949. The van der Waals surface area contributed by atoms with Gasteiger partial charge < -0.3 is 37.8 Å². The summed E-state index contributed by atoms with van der Waals surface area (Å²) in [7, 11) is 1.25. The van der Waals surface area contributed by atoms with Crippen LogP contribution in [0.15, 0.2) is 22.3 Å². The van der Waals surface area contributed by atoms with Crippen LogP contribution in [0.4, 0.5) is 5.13 Å². The number of aromatic nitrogens is 1. The highest BCUT2D eigenvalue weighted by Crippen LogP contribution is 2.38. The highest BCUT2D eigenvalue weighted by molar-refractivity contribution is 8.00. The summed E-state index contributed by atoms with van der Waals surface area (Å²) in [5.41, 5.74) is 2.81. The van der Waals surface area contributed by atoms with Gasteiger partial charge in [-0.15, -0.1) is 23.1 Å². The SMILES string of the molecule is CO/N=C(\C(=O)N[C@@H]1C(=O)N2C(C(=O)OCOC(=O)C(C)(C)C)=CCS[C@H]12)c1csc(NC(=O)[C@H](C)[NH3+])n1.[Cl-]. The zero-order valence-electron chi connectivity index (χ0n) is 21.8. The highest BCUT2D eigenvalue weighted by atomic mass is 35.5. The Bertz CT molecular complexity index is 1200. The number of esters is 2. The lowest BCUT2D eigenvalue weighted by atomic mass is 9.98. The van der Waals surface area contributed by atoms with Gasteiger partial charge in [-0.05, 0) is 33.8 Å². The van der Waals surface area contributed by atoms with Gasteiger partial charge in [0.05, 0.1) is 5.41 Å². The number of oxime groups is 1. The van der Waals surface area contributed by atoms with Crippen molar-refractivity contribution in [1.82, 2.24) is 15.2 Å². The van der Waals surface area contributed by atoms with E-state index in [2.05, 4.69) is 26.5 Å². The first-order valence-electron chi connectivity index (χ1n) is 11.4. The molecule has 5 N–H and O–H groups in total. The summed E-state index contributed by atoms with van der Waals surface area (Å²) >= 11 is 2.42. The molecule has 1 aromatic heterocycles. The van der Waals surface area contributed by atoms with Gasteiger partial charge in [0.2, 0.25) is 6.79 Å². The summed E-state index contributed by atoms with van der Waals surface area (Å²) in [6.07, 6.45) is 1.53. The van der Waals surface area contributed by atoms with Gasteiger partial charge in [0, 0.05) is 11.1 Å². The maximum Gasteiger partial charge on any atom is 0.357 e. The van der Waals surface area contributed by atoms with Crippen molar-refractivity contribution < 1.29 is 56.4 Å². The predicted molar refractivity (Wildman–Crippen MR) is 136 cm³/mol. The monoisotopic (exact) mass is 604 g/mol. The standard InChI is InChI=1S/C22H28N6O8S2.ClH/c1-10(23)15(29)26-21-24-11(8-38-21)13(27-34-5)16(30)25-14-17(31)28-12(6-7-37-18(14)28)19(32)35-9-36-20(33)22(2,3)4;/h6,8,10,14,18H,7,9,23H2,1-5H3,(H,25,30)(H,24,26,29);1H/b27-13-;/t10-,14+,18+;/m0./s1. The predicted octanol–water partition coefficient (Wildman–Crippen LogP) is -3.56. The number of fused-ring (bicyclic) bond motifs is 1. The first-order valence-corrected chi connectivity index (χ1v) is 13.3. The van der Waals surface area contributed by atoms with E-state index in [0.29, 0.717) is 5.75 Å². The molecule has 0 bridgehead atoms. The Morgan fingerprint density at radius 3 is 2.59 bits per heavy atom. The van der Waals surface area contributed by atoms with Crippen molar-refractivity contribution in [1.29, 1.82) is 0 Å². The van der Waals surface area contributed by atoms with Crippen molar-refractivity contribution >= 4 is 63.6 Å². The molecule has 0 aromatic carbocycles. The Kier molecular flexibility index (Phi) is 10.9. The molecule has 0 radical (unpaired) electrons. The van der Waals surface area contributed by atoms with Crippen LogP contribution in [0.2, 0.25) is 0 Å². The number of thioether (sulfide) groups is 1. The highest BCUT2D eigenvalue weighted by Gasteiger charge is 2.53. The summed E-state index contributed by atoms with van der Waals surface area (Å²) in [5, 5.41) is 10.1. The minimum Gasteiger partial charge on any atom is -1.00 e. The fraction of sp³-hybridized carbons (Fsp3) is 0.500. The van der Waals surface area contributed by atoms with E-state index in [0.717, 1.165) is 11.3 Å². The van der Waals surface area contributed by atoms with Crippen molar-refractivity contribution in [3.05, 3.63) is 22.8 Å². The second-order valence-electron chi connectivity index (χ2n) is 9.25. The Morgan fingerprint density at radius 1 is 1.28 bits per heavy atom. The van der Waals surface area contributed by atoms with Crippen LogP contribution in [0, 0.1) is 5.41 Å². The van der Waals surface area contributed by atoms with Gasteiger partial charge in [0.25, 0.3) is 17.7 Å². The first kappa shape index (κ1) is 32.0. The van der Waals surface area contributed by atoms with Crippen molar-refractivity contribution in [2.45, 2.75) is 45.2 Å². The number of β-lactam (4-membered cyclic amide) rings is 1. The number of halogens is 1. The maximum absolute atomic E-state index is 13.0. The number of nitrogens with one attached hydrogen (secondary N) is 2. The molecule has 1 fully saturated rings. The molecule has 0 unspecified atom stereocenters. The van der Waals surface area contributed by atoms with E-state index in [4.69, 9.17) is 14.3 Å². The molecule has 3 atom stereocenters. The molecule has 0 spiro atoms. The zero-order valence-corrected chi connectivity index (χ0v) is 24.2. The molecule has 14 nitrogen and oxygen atoms in total. The Morgan fingerprint density at radius 2 is 1.97 bits per heavy atom. The third kappa shape index (κ3) is 7.46. The number of carbonyl (C=O) groups is 5. The second-order valence-corrected chi connectivity index (χ2v) is 11.3. The van der Waals surface area contributed by atoms with Crippen LogP contribution in [-0.4, -0.2) is 82.4 Å². The van der Waals surface area contributed by atoms with E-state index in [1.54, 1.807) is 27.7 Å². The van der Waals surface area contributed by atoms with Crippen molar-refractivity contribution in [2.75, 3.05) is 25.0 Å². The average molecular weight is 605 g/mol. The van der Waals surface area contributed by atoms with Crippen LogP contribution in [0.5, 0.6) is 0 Å². The largest absolute Gasteiger partial charge is 1.00 e. The van der Waals surface area contributed by atoms with E-state index < -0.39 is 53.4 Å². The molecule has 39 heavy (non-hydrogen) atoms. The van der Waals surface area contributed by atoms with Gasteiger partial charge in [-0.1, -0.05) is 5.16 Å². The van der Waals surface area contributed by atoms with Gasteiger partial charge in [0.15, 0.2) is 16.9 Å². The van der Waals surface area contributed by atoms with Crippen LogP contribution in [0.3, 0.4) is 0 Å². The molecule has 1 saturated heterocycles. The number of amides is 3. The van der Waals surface area contributed by atoms with Crippen LogP contribution in [-0.2, 0) is 38.3 Å². The van der Waals surface area contributed by atoms with E-state index >= 15 is 0 Å². The molecule has 17 heteroatoms. The lowest BCUT2D eigenvalue weighted by Crippen LogP contribution is -3.00. The van der Waals surface area contributed by atoms with Gasteiger partial charge in [-0.3, -0.25) is 29.4 Å². The van der Waals surface area contributed by atoms with Crippen LogP contribution >= 0.6 is 23.1 Å². The van der Waals surface area contributed by atoms with Crippen molar-refractivity contribution in [3.8, 4) is 0 Å². The Labute approximate surface area is 238 Å². The fourth-order valence-corrected chi connectivity index (χ4v) is 5.02. The third-order valence-corrected chi connectivity index (χ3v) is 7.10. The van der Waals surface area contributed by atoms with Crippen molar-refractivity contribution in [3.63, 3.8) is 0 Å². The molecule has 2 aliphatic heterocycles. The van der Waals surface area contributed by atoms with Crippen LogP contribution < -0.4 is 28.8 Å². The number of carbonyl (C=O) groups excluding carboxylic acids is 5. The number of ether oxygens (including phenoxy) is 2. The Hall–Kier alpha value is -3.21. The molecule has 0 saturated carbocycles. The smallest absolute Gasteiger partial charge is 0.357 e. The summed E-state index contributed by atoms with van der Waals surface area (Å²) in [4.78, 5) is 72.4. The number of anilines is 1. The average Bonchev–Trinajstić information content (AvgIpc) is 3.31. The fourth-order valence-electron chi connectivity index (χ4n) is 3.13. The topological polar surface area (TPSA) is 193 Å². The molecule has 3 amide bonds. The number of rotatable bonds is 9. The van der Waals surface area contributed by atoms with E-state index in [1.165, 1.54) is 35.2 Å². The minimum absolute atomic E-state index is 0. The molecular weight excluding hydrogens is 576 g/mol. The van der Waals surface area contributed by atoms with E-state index in [9.17, 15) is 24.0 Å². The summed E-state index contributed by atoms with van der Waals surface area (Å²) in [5.74, 6) is -2.59. The molecule has 3 rings (SSSR count). The van der Waals surface area contributed by atoms with E-state index in [-0.39, 0.29) is 40.5 Å². The lowest BCUT2D eigenvalue weighted by molar-refractivity contribution is -0.396. The Balaban J connectivity index is 0.00000533.